The van der Waals surface area contributed by atoms with Crippen LogP contribution in [0.5, 0.6) is 5.75 Å². The first-order valence-electron chi connectivity index (χ1n) is 8.30. The number of benzene rings is 2. The van der Waals surface area contributed by atoms with Gasteiger partial charge in [-0.2, -0.15) is 0 Å². The van der Waals surface area contributed by atoms with Gasteiger partial charge in [-0.25, -0.2) is 9.18 Å². The van der Waals surface area contributed by atoms with Crippen molar-refractivity contribution >= 4 is 6.09 Å². The summed E-state index contributed by atoms with van der Waals surface area (Å²) in [6.07, 6.45) is 0.178. The third-order valence-corrected chi connectivity index (χ3v) is 3.28. The molecule has 0 aliphatic heterocycles. The normalized spacial score (nSPS) is 11.0. The molecule has 4 nitrogen and oxygen atoms in total. The van der Waals surface area contributed by atoms with E-state index in [1.807, 2.05) is 51.1 Å². The van der Waals surface area contributed by atoms with E-state index in [1.165, 1.54) is 6.07 Å². The Morgan fingerprint density at radius 3 is 2.52 bits per heavy atom. The largest absolute Gasteiger partial charge is 0.494 e. The van der Waals surface area contributed by atoms with Gasteiger partial charge in [-0.05, 0) is 51.0 Å². The molecule has 0 heterocycles. The van der Waals surface area contributed by atoms with Crippen LogP contribution in [0.25, 0.3) is 11.1 Å². The number of carbonyl (C=O) groups is 1. The lowest BCUT2D eigenvalue weighted by molar-refractivity contribution is 0.0525. The lowest BCUT2D eigenvalue weighted by Crippen LogP contribution is -2.33. The first kappa shape index (κ1) is 18.8. The number of halogens is 1. The Kier molecular flexibility index (Phi) is 6.39. The highest BCUT2D eigenvalue weighted by atomic mass is 19.1. The van der Waals surface area contributed by atoms with Crippen LogP contribution in [0, 0.1) is 5.82 Å². The Morgan fingerprint density at radius 1 is 1.12 bits per heavy atom. The van der Waals surface area contributed by atoms with Crippen LogP contribution in [0.2, 0.25) is 0 Å². The zero-order chi connectivity index (χ0) is 18.3. The minimum Gasteiger partial charge on any atom is -0.494 e. The smallest absolute Gasteiger partial charge is 0.407 e. The second-order valence-corrected chi connectivity index (χ2v) is 6.64. The van der Waals surface area contributed by atoms with E-state index < -0.39 is 11.7 Å². The molecule has 0 aromatic heterocycles. The van der Waals surface area contributed by atoms with Crippen molar-refractivity contribution in [3.63, 3.8) is 0 Å². The van der Waals surface area contributed by atoms with Crippen molar-refractivity contribution in [2.75, 3.05) is 13.2 Å². The summed E-state index contributed by atoms with van der Waals surface area (Å²) in [6.45, 7) is 6.30. The highest BCUT2D eigenvalue weighted by molar-refractivity contribution is 5.67. The summed E-state index contributed by atoms with van der Waals surface area (Å²) in [5.74, 6) is 0.308. The summed E-state index contributed by atoms with van der Waals surface area (Å²) in [5, 5.41) is 2.67. The molecule has 2 aromatic rings. The Hall–Kier alpha value is -2.56. The van der Waals surface area contributed by atoms with Crippen LogP contribution in [0.15, 0.2) is 48.5 Å². The minimum atomic E-state index is -0.511. The van der Waals surface area contributed by atoms with Crippen molar-refractivity contribution < 1.29 is 18.7 Å². The van der Waals surface area contributed by atoms with Crippen molar-refractivity contribution in [3.8, 4) is 16.9 Å². The topological polar surface area (TPSA) is 47.6 Å². The van der Waals surface area contributed by atoms with Gasteiger partial charge in [0.05, 0.1) is 6.61 Å². The lowest BCUT2D eigenvalue weighted by Gasteiger charge is -2.19. The van der Waals surface area contributed by atoms with Crippen LogP contribution < -0.4 is 10.1 Å². The summed E-state index contributed by atoms with van der Waals surface area (Å²) in [5.41, 5.74) is 0.796. The van der Waals surface area contributed by atoms with Gasteiger partial charge in [0.15, 0.2) is 0 Å². The van der Waals surface area contributed by atoms with Gasteiger partial charge in [0.2, 0.25) is 0 Å². The predicted molar refractivity (Wildman–Crippen MR) is 96.2 cm³/mol. The molecule has 0 saturated carbocycles. The minimum absolute atomic E-state index is 0.287. The van der Waals surface area contributed by atoms with E-state index in [9.17, 15) is 9.18 Å². The number of amides is 1. The molecule has 1 N–H and O–H groups in total. The summed E-state index contributed by atoms with van der Waals surface area (Å²) >= 11 is 0. The van der Waals surface area contributed by atoms with E-state index in [2.05, 4.69) is 5.32 Å². The first-order chi connectivity index (χ1) is 11.8. The molecule has 25 heavy (non-hydrogen) atoms. The van der Waals surface area contributed by atoms with Gasteiger partial charge < -0.3 is 14.8 Å². The van der Waals surface area contributed by atoms with E-state index in [0.717, 1.165) is 5.56 Å². The fourth-order valence-corrected chi connectivity index (χ4v) is 2.20. The van der Waals surface area contributed by atoms with Crippen LogP contribution in [-0.4, -0.2) is 24.8 Å². The van der Waals surface area contributed by atoms with E-state index >= 15 is 0 Å². The third kappa shape index (κ3) is 6.45. The highest BCUT2D eigenvalue weighted by Crippen LogP contribution is 2.26. The number of alkyl carbamates (subject to hydrolysis) is 1. The number of nitrogens with one attached hydrogen (secondary N) is 1. The molecule has 0 saturated heterocycles. The molecule has 0 radical (unpaired) electrons. The molecule has 0 aliphatic carbocycles. The molecule has 1 amide bonds. The number of ether oxygens (including phenoxy) is 2. The average Bonchev–Trinajstić information content (AvgIpc) is 2.55. The maximum absolute atomic E-state index is 14.0. The number of rotatable bonds is 6. The molecular weight excluding hydrogens is 321 g/mol. The maximum Gasteiger partial charge on any atom is 0.407 e. The van der Waals surface area contributed by atoms with Crippen LogP contribution >= 0.6 is 0 Å². The molecule has 0 fully saturated rings. The van der Waals surface area contributed by atoms with Gasteiger partial charge in [0, 0.05) is 12.1 Å². The average molecular weight is 345 g/mol. The monoisotopic (exact) mass is 345 g/mol. The molecule has 2 aromatic carbocycles. The zero-order valence-corrected chi connectivity index (χ0v) is 14.8. The van der Waals surface area contributed by atoms with Gasteiger partial charge in [-0.3, -0.25) is 0 Å². The third-order valence-electron chi connectivity index (χ3n) is 3.28. The van der Waals surface area contributed by atoms with Crippen molar-refractivity contribution in [1.82, 2.24) is 5.32 Å². The maximum atomic E-state index is 14.0. The number of hydrogen-bond donors (Lipinski definition) is 1. The molecule has 0 atom stereocenters. The summed E-state index contributed by atoms with van der Waals surface area (Å²) in [7, 11) is 0. The van der Waals surface area contributed by atoms with E-state index in [4.69, 9.17) is 9.47 Å². The van der Waals surface area contributed by atoms with Crippen LogP contribution in [0.4, 0.5) is 9.18 Å². The fourth-order valence-electron chi connectivity index (χ4n) is 2.20. The molecule has 0 unspecified atom stereocenters. The van der Waals surface area contributed by atoms with E-state index in [-0.39, 0.29) is 5.82 Å². The molecule has 5 heteroatoms. The highest BCUT2D eigenvalue weighted by Gasteiger charge is 2.15. The van der Waals surface area contributed by atoms with Gasteiger partial charge in [-0.15, -0.1) is 0 Å². The van der Waals surface area contributed by atoms with Gasteiger partial charge in [0.25, 0.3) is 0 Å². The summed E-state index contributed by atoms with van der Waals surface area (Å²) in [4.78, 5) is 11.5. The summed E-state index contributed by atoms with van der Waals surface area (Å²) < 4.78 is 24.8. The van der Waals surface area contributed by atoms with Crippen LogP contribution in [0.1, 0.15) is 27.2 Å². The standard InChI is InChI=1S/C20H24FNO3/c1-20(2,3)25-19(23)22-12-7-13-24-16-10-11-18(21)17(14-16)15-8-5-4-6-9-15/h4-6,8-11,14H,7,12-13H2,1-3H3,(H,22,23). The second kappa shape index (κ2) is 8.51. The molecule has 134 valence electrons. The quantitative estimate of drug-likeness (QED) is 0.766. The molecule has 0 aliphatic rings. The molecule has 2 rings (SSSR count). The molecular formula is C20H24FNO3. The fraction of sp³-hybridized carbons (Fsp3) is 0.350. The molecule has 0 spiro atoms. The van der Waals surface area contributed by atoms with Gasteiger partial charge >= 0.3 is 6.09 Å². The van der Waals surface area contributed by atoms with Gasteiger partial charge in [0.1, 0.15) is 17.2 Å². The van der Waals surface area contributed by atoms with Gasteiger partial charge in [-0.1, -0.05) is 30.3 Å². The summed E-state index contributed by atoms with van der Waals surface area (Å²) in [6, 6.07) is 14.0. The SMILES string of the molecule is CC(C)(C)OC(=O)NCCCOc1ccc(F)c(-c2ccccc2)c1. The Balaban J connectivity index is 1.81. The zero-order valence-electron chi connectivity index (χ0n) is 14.8. The number of carbonyl (C=O) groups excluding carboxylic acids is 1. The van der Waals surface area contributed by atoms with E-state index in [1.54, 1.807) is 12.1 Å². The Morgan fingerprint density at radius 2 is 1.84 bits per heavy atom. The van der Waals surface area contributed by atoms with Crippen molar-refractivity contribution in [2.45, 2.75) is 32.8 Å². The second-order valence-electron chi connectivity index (χ2n) is 6.64. The Labute approximate surface area is 148 Å². The van der Waals surface area contributed by atoms with Crippen molar-refractivity contribution in [3.05, 3.63) is 54.3 Å². The number of hydrogen-bond acceptors (Lipinski definition) is 3. The van der Waals surface area contributed by atoms with Crippen LogP contribution in [-0.2, 0) is 4.74 Å². The first-order valence-corrected chi connectivity index (χ1v) is 8.30. The lowest BCUT2D eigenvalue weighted by atomic mass is 10.1. The Bertz CT molecular complexity index is 696. The van der Waals surface area contributed by atoms with E-state index in [0.29, 0.717) is 30.9 Å². The van der Waals surface area contributed by atoms with Crippen molar-refractivity contribution in [2.24, 2.45) is 0 Å². The van der Waals surface area contributed by atoms with Crippen molar-refractivity contribution in [1.29, 1.82) is 0 Å². The van der Waals surface area contributed by atoms with Crippen LogP contribution in [0.3, 0.4) is 0 Å². The predicted octanol–water partition coefficient (Wildman–Crippen LogP) is 4.79. The molecule has 0 bridgehead atoms.